The van der Waals surface area contributed by atoms with Crippen LogP contribution in [0.2, 0.25) is 0 Å². The monoisotopic (exact) mass is 309 g/mol. The van der Waals surface area contributed by atoms with E-state index in [9.17, 15) is 4.79 Å². The van der Waals surface area contributed by atoms with Crippen molar-refractivity contribution in [2.24, 2.45) is 0 Å². The number of fused-ring (bicyclic) bond motifs is 1. The molecule has 0 N–H and O–H groups in total. The summed E-state index contributed by atoms with van der Waals surface area (Å²) < 4.78 is 6.63. The van der Waals surface area contributed by atoms with Gasteiger partial charge >= 0.3 is 0 Å². The first-order valence-electron chi connectivity index (χ1n) is 6.45. The molecular weight excluding hydrogens is 294 g/mol. The third-order valence-corrected chi connectivity index (χ3v) is 4.29. The molecule has 1 saturated carbocycles. The highest BCUT2D eigenvalue weighted by Crippen LogP contribution is 2.31. The molecule has 3 rings (SSSR count). The molecule has 0 spiro atoms. The molecule has 0 atom stereocenters. The van der Waals surface area contributed by atoms with Crippen LogP contribution in [-0.2, 0) is 11.3 Å². The first kappa shape index (κ1) is 12.0. The highest BCUT2D eigenvalue weighted by molar-refractivity contribution is 9.10. The van der Waals surface area contributed by atoms with E-state index in [2.05, 4.69) is 22.0 Å². The molecule has 18 heavy (non-hydrogen) atoms. The molecule has 4 heteroatoms. The Bertz CT molecular complexity index is 469. The van der Waals surface area contributed by atoms with Crippen LogP contribution in [0.15, 0.2) is 22.7 Å². The highest BCUT2D eigenvalue weighted by Gasteiger charge is 2.29. The van der Waals surface area contributed by atoms with Gasteiger partial charge in [0.2, 0.25) is 0 Å². The SMILES string of the molecule is O=C1COc2ccc(Br)cc2CN1C1CCCC1. The maximum absolute atomic E-state index is 12.1. The lowest BCUT2D eigenvalue weighted by Gasteiger charge is -2.27. The van der Waals surface area contributed by atoms with E-state index in [-0.39, 0.29) is 12.5 Å². The molecule has 1 amide bonds. The normalized spacial score (nSPS) is 20.5. The number of rotatable bonds is 1. The third-order valence-electron chi connectivity index (χ3n) is 3.80. The summed E-state index contributed by atoms with van der Waals surface area (Å²) in [5, 5.41) is 0. The summed E-state index contributed by atoms with van der Waals surface area (Å²) in [5.74, 6) is 0.960. The third kappa shape index (κ3) is 2.26. The number of carbonyl (C=O) groups excluding carboxylic acids is 1. The number of hydrogen-bond acceptors (Lipinski definition) is 2. The molecule has 1 aliphatic carbocycles. The van der Waals surface area contributed by atoms with Crippen molar-refractivity contribution >= 4 is 21.8 Å². The van der Waals surface area contributed by atoms with Crippen molar-refractivity contribution < 1.29 is 9.53 Å². The fourth-order valence-electron chi connectivity index (χ4n) is 2.86. The zero-order chi connectivity index (χ0) is 12.5. The summed E-state index contributed by atoms with van der Waals surface area (Å²) in [4.78, 5) is 14.1. The highest BCUT2D eigenvalue weighted by atomic mass is 79.9. The molecule has 3 nitrogen and oxygen atoms in total. The van der Waals surface area contributed by atoms with Crippen LogP contribution in [0.1, 0.15) is 31.2 Å². The zero-order valence-electron chi connectivity index (χ0n) is 10.2. The Kier molecular flexibility index (Phi) is 3.29. The summed E-state index contributed by atoms with van der Waals surface area (Å²) >= 11 is 3.48. The van der Waals surface area contributed by atoms with Crippen molar-refractivity contribution in [1.29, 1.82) is 0 Å². The van der Waals surface area contributed by atoms with Gasteiger partial charge in [-0.25, -0.2) is 0 Å². The lowest BCUT2D eigenvalue weighted by molar-refractivity contribution is -0.135. The van der Waals surface area contributed by atoms with Crippen LogP contribution in [0.5, 0.6) is 5.75 Å². The molecule has 96 valence electrons. The molecule has 1 aliphatic heterocycles. The second kappa shape index (κ2) is 4.92. The lowest BCUT2D eigenvalue weighted by Crippen LogP contribution is -2.39. The van der Waals surface area contributed by atoms with Gasteiger partial charge in [0.05, 0.1) is 0 Å². The molecule has 0 unspecified atom stereocenters. The van der Waals surface area contributed by atoms with E-state index >= 15 is 0 Å². The molecule has 0 saturated heterocycles. The fourth-order valence-corrected chi connectivity index (χ4v) is 3.26. The molecule has 2 aliphatic rings. The van der Waals surface area contributed by atoms with Crippen molar-refractivity contribution in [3.8, 4) is 5.75 Å². The Labute approximate surface area is 115 Å². The number of amides is 1. The van der Waals surface area contributed by atoms with E-state index in [0.29, 0.717) is 12.6 Å². The average Bonchev–Trinajstić information content (AvgIpc) is 2.83. The van der Waals surface area contributed by atoms with Gasteiger partial charge in [-0.1, -0.05) is 28.8 Å². The Morgan fingerprint density at radius 2 is 2.06 bits per heavy atom. The van der Waals surface area contributed by atoms with E-state index in [1.807, 2.05) is 17.0 Å². The number of benzene rings is 1. The summed E-state index contributed by atoms with van der Waals surface area (Å²) in [6.45, 7) is 0.851. The van der Waals surface area contributed by atoms with Gasteiger partial charge in [-0.2, -0.15) is 0 Å². The molecular formula is C14H16BrNO2. The van der Waals surface area contributed by atoms with Gasteiger partial charge in [-0.05, 0) is 31.0 Å². The minimum absolute atomic E-state index is 0.120. The summed E-state index contributed by atoms with van der Waals surface area (Å²) in [6, 6.07) is 6.35. The molecule has 0 radical (unpaired) electrons. The van der Waals surface area contributed by atoms with Gasteiger partial charge in [-0.3, -0.25) is 4.79 Å². The molecule has 0 aromatic heterocycles. The average molecular weight is 310 g/mol. The first-order chi connectivity index (χ1) is 8.74. The number of ether oxygens (including phenoxy) is 1. The Morgan fingerprint density at radius 3 is 2.83 bits per heavy atom. The molecule has 1 aromatic rings. The van der Waals surface area contributed by atoms with E-state index in [1.165, 1.54) is 12.8 Å². The molecule has 1 fully saturated rings. The van der Waals surface area contributed by atoms with Crippen molar-refractivity contribution in [3.63, 3.8) is 0 Å². The summed E-state index contributed by atoms with van der Waals surface area (Å²) in [7, 11) is 0. The van der Waals surface area contributed by atoms with Gasteiger partial charge in [-0.15, -0.1) is 0 Å². The van der Waals surface area contributed by atoms with Gasteiger partial charge < -0.3 is 9.64 Å². The van der Waals surface area contributed by atoms with Crippen LogP contribution in [0.25, 0.3) is 0 Å². The second-order valence-corrected chi connectivity index (χ2v) is 5.92. The van der Waals surface area contributed by atoms with Gasteiger partial charge in [0.1, 0.15) is 5.75 Å². The summed E-state index contributed by atoms with van der Waals surface area (Å²) in [5.41, 5.74) is 1.10. The van der Waals surface area contributed by atoms with E-state index < -0.39 is 0 Å². The Balaban J connectivity index is 1.89. The largest absolute Gasteiger partial charge is 0.483 e. The molecule has 1 aromatic carbocycles. The smallest absolute Gasteiger partial charge is 0.261 e. The molecule has 1 heterocycles. The van der Waals surface area contributed by atoms with Crippen LogP contribution >= 0.6 is 15.9 Å². The Hall–Kier alpha value is -1.03. The number of halogens is 1. The predicted molar refractivity (Wildman–Crippen MR) is 72.4 cm³/mol. The number of carbonyl (C=O) groups is 1. The van der Waals surface area contributed by atoms with Gasteiger partial charge in [0.25, 0.3) is 5.91 Å². The van der Waals surface area contributed by atoms with Crippen molar-refractivity contribution in [2.45, 2.75) is 38.3 Å². The van der Waals surface area contributed by atoms with E-state index in [1.54, 1.807) is 0 Å². The van der Waals surface area contributed by atoms with Crippen molar-refractivity contribution in [2.75, 3.05) is 6.61 Å². The Morgan fingerprint density at radius 1 is 1.28 bits per heavy atom. The van der Waals surface area contributed by atoms with E-state index in [4.69, 9.17) is 4.74 Å². The van der Waals surface area contributed by atoms with Crippen LogP contribution in [-0.4, -0.2) is 23.5 Å². The van der Waals surface area contributed by atoms with Gasteiger partial charge in [0.15, 0.2) is 6.61 Å². The van der Waals surface area contributed by atoms with Crippen LogP contribution in [0.3, 0.4) is 0 Å². The zero-order valence-corrected chi connectivity index (χ0v) is 11.8. The standard InChI is InChI=1S/C14H16BrNO2/c15-11-5-6-13-10(7-11)8-16(14(17)9-18-13)12-3-1-2-4-12/h5-7,12H,1-4,8-9H2. The second-order valence-electron chi connectivity index (χ2n) is 5.00. The maximum Gasteiger partial charge on any atom is 0.261 e. The van der Waals surface area contributed by atoms with Crippen LogP contribution in [0.4, 0.5) is 0 Å². The molecule has 0 bridgehead atoms. The summed E-state index contributed by atoms with van der Waals surface area (Å²) in [6.07, 6.45) is 4.74. The van der Waals surface area contributed by atoms with Crippen molar-refractivity contribution in [3.05, 3.63) is 28.2 Å². The minimum Gasteiger partial charge on any atom is -0.483 e. The first-order valence-corrected chi connectivity index (χ1v) is 7.24. The quantitative estimate of drug-likeness (QED) is 0.797. The van der Waals surface area contributed by atoms with Crippen molar-refractivity contribution in [1.82, 2.24) is 4.90 Å². The van der Waals surface area contributed by atoms with Crippen LogP contribution in [0, 0.1) is 0 Å². The fraction of sp³-hybridized carbons (Fsp3) is 0.500. The number of hydrogen-bond donors (Lipinski definition) is 0. The van der Waals surface area contributed by atoms with Crippen LogP contribution < -0.4 is 4.74 Å². The topological polar surface area (TPSA) is 29.5 Å². The lowest BCUT2D eigenvalue weighted by atomic mass is 10.1. The predicted octanol–water partition coefficient (Wildman–Crippen LogP) is 3.11. The maximum atomic E-state index is 12.1. The van der Waals surface area contributed by atoms with Gasteiger partial charge in [0, 0.05) is 22.6 Å². The minimum atomic E-state index is 0.120. The number of nitrogens with zero attached hydrogens (tertiary/aromatic N) is 1. The van der Waals surface area contributed by atoms with E-state index in [0.717, 1.165) is 28.6 Å².